The summed E-state index contributed by atoms with van der Waals surface area (Å²) < 4.78 is 20.4. The summed E-state index contributed by atoms with van der Waals surface area (Å²) in [4.78, 5) is 36.1. The number of aromatic nitrogens is 2. The number of rotatable bonds is 10. The van der Waals surface area contributed by atoms with E-state index in [1.165, 1.54) is 0 Å². The SMILES string of the molecule is CCC(=O)OC[n+]1cccc(-c2c(COC(=O)NC(C)C)c(COC(=O)NC(C)C)c3n2CCC3)c1. The fraction of sp³-hybridized carbons (Fsp3) is 0.538. The van der Waals surface area contributed by atoms with E-state index in [2.05, 4.69) is 15.2 Å². The molecule has 196 valence electrons. The van der Waals surface area contributed by atoms with Crippen LogP contribution in [0.3, 0.4) is 0 Å². The molecule has 36 heavy (non-hydrogen) atoms. The maximum absolute atomic E-state index is 12.3. The van der Waals surface area contributed by atoms with Crippen molar-refractivity contribution in [2.24, 2.45) is 0 Å². The van der Waals surface area contributed by atoms with Crippen molar-refractivity contribution in [2.75, 3.05) is 0 Å². The topological polar surface area (TPSA) is 112 Å². The molecule has 0 radical (unpaired) electrons. The highest BCUT2D eigenvalue weighted by atomic mass is 16.6. The lowest BCUT2D eigenvalue weighted by molar-refractivity contribution is -0.727. The summed E-state index contributed by atoms with van der Waals surface area (Å²) in [6.07, 6.45) is 4.82. The molecule has 10 nitrogen and oxygen atoms in total. The second kappa shape index (κ2) is 12.4. The smallest absolute Gasteiger partial charge is 0.407 e. The lowest BCUT2D eigenvalue weighted by Gasteiger charge is -2.14. The number of pyridine rings is 1. The Morgan fingerprint density at radius 1 is 1.00 bits per heavy atom. The number of nitrogens with zero attached hydrogens (tertiary/aromatic N) is 2. The van der Waals surface area contributed by atoms with Crippen molar-refractivity contribution < 1.29 is 33.2 Å². The average molecular weight is 502 g/mol. The third kappa shape index (κ3) is 6.99. The molecule has 1 aliphatic rings. The molecule has 0 aromatic carbocycles. The number of hydrogen-bond acceptors (Lipinski definition) is 6. The second-order valence-corrected chi connectivity index (χ2v) is 9.36. The van der Waals surface area contributed by atoms with Crippen LogP contribution in [0.1, 0.15) is 64.3 Å². The van der Waals surface area contributed by atoms with Gasteiger partial charge in [-0.1, -0.05) is 6.92 Å². The fourth-order valence-electron chi connectivity index (χ4n) is 4.19. The van der Waals surface area contributed by atoms with Crippen molar-refractivity contribution >= 4 is 18.2 Å². The zero-order chi connectivity index (χ0) is 26.2. The summed E-state index contributed by atoms with van der Waals surface area (Å²) in [5.41, 5.74) is 4.50. The maximum Gasteiger partial charge on any atom is 0.407 e. The van der Waals surface area contributed by atoms with E-state index < -0.39 is 12.2 Å². The highest BCUT2D eigenvalue weighted by Crippen LogP contribution is 2.36. The molecule has 0 atom stereocenters. The number of fused-ring (bicyclic) bond motifs is 1. The van der Waals surface area contributed by atoms with Gasteiger partial charge in [0.1, 0.15) is 13.2 Å². The number of ether oxygens (including phenoxy) is 3. The van der Waals surface area contributed by atoms with Crippen LogP contribution in [-0.2, 0) is 51.9 Å². The molecule has 2 N–H and O–H groups in total. The van der Waals surface area contributed by atoms with Crippen molar-refractivity contribution in [1.29, 1.82) is 0 Å². The molecule has 0 unspecified atom stereocenters. The molecule has 3 rings (SSSR count). The standard InChI is InChI=1S/C26H36N4O6/c1-6-23(31)36-16-29-11-7-9-19(13-29)24-21(15-35-26(33)28-18(4)5)20(22-10-8-12-30(22)24)14-34-25(32)27-17(2)3/h7,9,11,13,17-18H,6,8,10,12,14-16H2,1-5H3,(H-,27,28,32,33)/p+1. The van der Waals surface area contributed by atoms with Gasteiger partial charge in [0.05, 0.1) is 11.3 Å². The van der Waals surface area contributed by atoms with Gasteiger partial charge in [-0.25, -0.2) is 9.59 Å². The molecule has 3 heterocycles. The van der Waals surface area contributed by atoms with Crippen molar-refractivity contribution in [3.05, 3.63) is 41.3 Å². The molecule has 0 fully saturated rings. The van der Waals surface area contributed by atoms with E-state index >= 15 is 0 Å². The molecule has 2 amide bonds. The molecule has 0 bridgehead atoms. The molecule has 0 aliphatic carbocycles. The van der Waals surface area contributed by atoms with Crippen LogP contribution in [0.2, 0.25) is 0 Å². The minimum absolute atomic E-state index is 0.0259. The van der Waals surface area contributed by atoms with Gasteiger partial charge in [0.2, 0.25) is 0 Å². The fourth-order valence-corrected chi connectivity index (χ4v) is 4.19. The van der Waals surface area contributed by atoms with Gasteiger partial charge in [-0.2, -0.15) is 4.57 Å². The zero-order valence-electron chi connectivity index (χ0n) is 21.8. The van der Waals surface area contributed by atoms with Gasteiger partial charge in [-0.15, -0.1) is 0 Å². The first-order valence-electron chi connectivity index (χ1n) is 12.4. The van der Waals surface area contributed by atoms with E-state index in [-0.39, 0.29) is 38.0 Å². The molecule has 2 aromatic heterocycles. The summed E-state index contributed by atoms with van der Waals surface area (Å²) in [7, 11) is 0. The number of amides is 2. The average Bonchev–Trinajstić information content (AvgIpc) is 3.39. The van der Waals surface area contributed by atoms with Crippen LogP contribution in [0.15, 0.2) is 24.5 Å². The molecular formula is C26H37N4O6+. The Morgan fingerprint density at radius 3 is 2.25 bits per heavy atom. The second-order valence-electron chi connectivity index (χ2n) is 9.36. The van der Waals surface area contributed by atoms with Crippen molar-refractivity contribution in [2.45, 2.75) is 92.5 Å². The molecule has 10 heteroatoms. The first-order valence-corrected chi connectivity index (χ1v) is 12.4. The number of carbonyl (C=O) groups is 3. The number of esters is 1. The highest BCUT2D eigenvalue weighted by molar-refractivity contribution is 5.71. The van der Waals surface area contributed by atoms with E-state index in [0.29, 0.717) is 6.42 Å². The number of alkyl carbamates (subject to hydrolysis) is 2. The van der Waals surface area contributed by atoms with Crippen LogP contribution in [0.5, 0.6) is 0 Å². The lowest BCUT2D eigenvalue weighted by atomic mass is 10.0. The van der Waals surface area contributed by atoms with Gasteiger partial charge in [-0.3, -0.25) is 4.79 Å². The number of hydrogen-bond donors (Lipinski definition) is 2. The Balaban J connectivity index is 1.97. The van der Waals surface area contributed by atoms with Gasteiger partial charge < -0.3 is 29.4 Å². The van der Waals surface area contributed by atoms with E-state index in [4.69, 9.17) is 14.2 Å². The highest BCUT2D eigenvalue weighted by Gasteiger charge is 2.29. The zero-order valence-corrected chi connectivity index (χ0v) is 21.8. The van der Waals surface area contributed by atoms with Crippen LogP contribution >= 0.6 is 0 Å². The van der Waals surface area contributed by atoms with Gasteiger partial charge >= 0.3 is 18.2 Å². The molecule has 0 saturated heterocycles. The lowest BCUT2D eigenvalue weighted by Crippen LogP contribution is -2.35. The first-order chi connectivity index (χ1) is 17.2. The van der Waals surface area contributed by atoms with Crippen molar-refractivity contribution in [3.63, 3.8) is 0 Å². The largest absolute Gasteiger partial charge is 0.445 e. The molecular weight excluding hydrogens is 464 g/mol. The van der Waals surface area contributed by atoms with Crippen LogP contribution in [0.25, 0.3) is 11.3 Å². The maximum atomic E-state index is 12.3. The molecule has 0 spiro atoms. The molecule has 2 aromatic rings. The normalized spacial score (nSPS) is 12.4. The quantitative estimate of drug-likeness (QED) is 0.293. The van der Waals surface area contributed by atoms with Crippen LogP contribution in [0, 0.1) is 0 Å². The van der Waals surface area contributed by atoms with E-state index in [0.717, 1.165) is 47.5 Å². The summed E-state index contributed by atoms with van der Waals surface area (Å²) in [5, 5.41) is 5.48. The van der Waals surface area contributed by atoms with Gasteiger partial charge in [0.15, 0.2) is 12.4 Å². The Hall–Kier alpha value is -3.56. The van der Waals surface area contributed by atoms with Crippen molar-refractivity contribution in [1.82, 2.24) is 15.2 Å². The summed E-state index contributed by atoms with van der Waals surface area (Å²) in [6, 6.07) is 3.74. The van der Waals surface area contributed by atoms with Crippen LogP contribution in [0.4, 0.5) is 9.59 Å². The van der Waals surface area contributed by atoms with E-state index in [9.17, 15) is 14.4 Å². The monoisotopic (exact) mass is 501 g/mol. The van der Waals surface area contributed by atoms with Crippen molar-refractivity contribution in [3.8, 4) is 11.3 Å². The Morgan fingerprint density at radius 2 is 1.64 bits per heavy atom. The predicted molar refractivity (Wildman–Crippen MR) is 132 cm³/mol. The third-order valence-corrected chi connectivity index (χ3v) is 5.69. The summed E-state index contributed by atoms with van der Waals surface area (Å²) >= 11 is 0. The Bertz CT molecular complexity index is 1090. The molecule has 1 aliphatic heterocycles. The summed E-state index contributed by atoms with van der Waals surface area (Å²) in [5.74, 6) is -0.277. The first kappa shape index (κ1) is 27.0. The van der Waals surface area contributed by atoms with E-state index in [1.54, 1.807) is 11.5 Å². The Kier molecular flexibility index (Phi) is 9.32. The third-order valence-electron chi connectivity index (χ3n) is 5.69. The number of nitrogens with one attached hydrogen (secondary N) is 2. The van der Waals surface area contributed by atoms with Crippen LogP contribution < -0.4 is 15.2 Å². The number of carbonyl (C=O) groups excluding carboxylic acids is 3. The van der Waals surface area contributed by atoms with Crippen LogP contribution in [-0.4, -0.2) is 34.8 Å². The predicted octanol–water partition coefficient (Wildman–Crippen LogP) is 3.57. The minimum atomic E-state index is -0.513. The van der Waals surface area contributed by atoms with Gasteiger partial charge in [-0.05, 0) is 46.6 Å². The minimum Gasteiger partial charge on any atom is -0.445 e. The summed E-state index contributed by atoms with van der Waals surface area (Å²) in [6.45, 7) is 10.2. The van der Waals surface area contributed by atoms with Gasteiger partial charge in [0, 0.05) is 47.9 Å². The molecule has 0 saturated carbocycles. The van der Waals surface area contributed by atoms with Gasteiger partial charge in [0.25, 0.3) is 6.73 Å². The Labute approximate surface area is 211 Å². The van der Waals surface area contributed by atoms with E-state index in [1.807, 2.05) is 52.2 Å².